The lowest BCUT2D eigenvalue weighted by Gasteiger charge is -2.13. The molecule has 1 aromatic heterocycles. The molecule has 5 nitrogen and oxygen atoms in total. The van der Waals surface area contributed by atoms with E-state index in [4.69, 9.17) is 4.74 Å². The molecule has 112 valence electrons. The second-order valence-electron chi connectivity index (χ2n) is 5.24. The normalized spacial score (nSPS) is 10.7. The monoisotopic (exact) mass is 279 g/mol. The smallest absolute Gasteiger partial charge is 0.258 e. The molecule has 0 spiro atoms. The fourth-order valence-electron chi connectivity index (χ4n) is 1.61. The zero-order chi connectivity index (χ0) is 15.1. The Morgan fingerprint density at radius 2 is 2.00 bits per heavy atom. The van der Waals surface area contributed by atoms with E-state index in [1.165, 1.54) is 0 Å². The highest BCUT2D eigenvalue weighted by atomic mass is 16.5. The Hall–Kier alpha value is -1.65. The van der Waals surface area contributed by atoms with Crippen LogP contribution < -0.4 is 10.1 Å². The van der Waals surface area contributed by atoms with E-state index in [1.54, 1.807) is 0 Å². The molecule has 0 bridgehead atoms. The fourth-order valence-corrected chi connectivity index (χ4v) is 1.61. The summed E-state index contributed by atoms with van der Waals surface area (Å²) in [6.45, 7) is 10.7. The van der Waals surface area contributed by atoms with Gasteiger partial charge in [0.05, 0.1) is 0 Å². The number of amides is 1. The van der Waals surface area contributed by atoms with Crippen molar-refractivity contribution in [1.29, 1.82) is 0 Å². The third-order valence-electron chi connectivity index (χ3n) is 3.07. The first kappa shape index (κ1) is 16.4. The van der Waals surface area contributed by atoms with Gasteiger partial charge in [-0.05, 0) is 20.3 Å². The van der Waals surface area contributed by atoms with Crippen molar-refractivity contribution < 1.29 is 9.53 Å². The van der Waals surface area contributed by atoms with Crippen LogP contribution in [0, 0.1) is 13.8 Å². The molecule has 0 aliphatic heterocycles. The lowest BCUT2D eigenvalue weighted by atomic mass is 10.2. The van der Waals surface area contributed by atoms with Gasteiger partial charge in [0, 0.05) is 23.7 Å². The Labute approximate surface area is 121 Å². The Balaban J connectivity index is 2.65. The number of unbranched alkanes of at least 4 members (excludes halogenated alkanes) is 1. The number of nitrogens with one attached hydrogen (secondary N) is 1. The molecular formula is C15H25N3O2. The van der Waals surface area contributed by atoms with Crippen LogP contribution in [0.1, 0.15) is 56.6 Å². The maximum atomic E-state index is 11.6. The molecule has 5 heteroatoms. The largest absolute Gasteiger partial charge is 0.467 e. The summed E-state index contributed by atoms with van der Waals surface area (Å²) in [5.74, 6) is 1.37. The van der Waals surface area contributed by atoms with E-state index in [2.05, 4.69) is 22.2 Å². The minimum atomic E-state index is -0.111. The number of hydrogen-bond donors (Lipinski definition) is 1. The Kier molecular flexibility index (Phi) is 6.42. The average molecular weight is 279 g/mol. The quantitative estimate of drug-likeness (QED) is 0.779. The molecule has 0 aromatic carbocycles. The van der Waals surface area contributed by atoms with Crippen molar-refractivity contribution in [2.24, 2.45) is 0 Å². The number of carbonyl (C=O) groups is 1. The van der Waals surface area contributed by atoms with Crippen LogP contribution in [-0.4, -0.2) is 29.0 Å². The van der Waals surface area contributed by atoms with E-state index in [-0.39, 0.29) is 18.4 Å². The van der Waals surface area contributed by atoms with Gasteiger partial charge in [0.25, 0.3) is 5.91 Å². The van der Waals surface area contributed by atoms with Crippen LogP contribution in [0.2, 0.25) is 0 Å². The molecular weight excluding hydrogens is 254 g/mol. The van der Waals surface area contributed by atoms with E-state index >= 15 is 0 Å². The topological polar surface area (TPSA) is 64.1 Å². The predicted molar refractivity (Wildman–Crippen MR) is 79.0 cm³/mol. The van der Waals surface area contributed by atoms with E-state index in [0.717, 1.165) is 29.9 Å². The van der Waals surface area contributed by atoms with Crippen LogP contribution in [0.3, 0.4) is 0 Å². The summed E-state index contributed by atoms with van der Waals surface area (Å²) in [6.07, 6.45) is 2.04. The molecule has 20 heavy (non-hydrogen) atoms. The van der Waals surface area contributed by atoms with Crippen LogP contribution in [0.4, 0.5) is 0 Å². The van der Waals surface area contributed by atoms with Gasteiger partial charge in [-0.2, -0.15) is 4.98 Å². The maximum absolute atomic E-state index is 11.6. The highest BCUT2D eigenvalue weighted by Gasteiger charge is 2.12. The molecule has 0 saturated carbocycles. The molecule has 0 fully saturated rings. The van der Waals surface area contributed by atoms with Crippen LogP contribution in [0.25, 0.3) is 0 Å². The maximum Gasteiger partial charge on any atom is 0.258 e. The van der Waals surface area contributed by atoms with Gasteiger partial charge in [-0.15, -0.1) is 0 Å². The molecule has 0 radical (unpaired) electrons. The number of nitrogens with zero attached hydrogens (tertiary/aromatic N) is 2. The van der Waals surface area contributed by atoms with Crippen molar-refractivity contribution in [2.75, 3.05) is 13.2 Å². The lowest BCUT2D eigenvalue weighted by Crippen LogP contribution is -2.30. The van der Waals surface area contributed by atoms with Crippen molar-refractivity contribution >= 4 is 5.91 Å². The Bertz CT molecular complexity index is 459. The number of hydrogen-bond acceptors (Lipinski definition) is 4. The van der Waals surface area contributed by atoms with Gasteiger partial charge in [-0.3, -0.25) is 4.79 Å². The van der Waals surface area contributed by atoms with Crippen LogP contribution in [-0.2, 0) is 4.79 Å². The van der Waals surface area contributed by atoms with Gasteiger partial charge in [0.2, 0.25) is 5.88 Å². The molecule has 0 unspecified atom stereocenters. The van der Waals surface area contributed by atoms with Crippen molar-refractivity contribution in [2.45, 2.75) is 53.4 Å². The number of carbonyl (C=O) groups excluding carboxylic acids is 1. The van der Waals surface area contributed by atoms with Crippen LogP contribution in [0.15, 0.2) is 0 Å². The fraction of sp³-hybridized carbons (Fsp3) is 0.667. The Morgan fingerprint density at radius 3 is 2.60 bits per heavy atom. The molecule has 1 aromatic rings. The van der Waals surface area contributed by atoms with Crippen molar-refractivity contribution in [1.82, 2.24) is 15.3 Å². The molecule has 1 rings (SSSR count). The summed E-state index contributed by atoms with van der Waals surface area (Å²) >= 11 is 0. The number of aryl methyl sites for hydroxylation is 1. The SMILES string of the molecule is CCCCNC(=O)COc1nc(C(C)C)nc(C)c1C. The number of rotatable bonds is 7. The van der Waals surface area contributed by atoms with Crippen molar-refractivity contribution in [3.8, 4) is 5.88 Å². The zero-order valence-electron chi connectivity index (χ0n) is 13.1. The number of aromatic nitrogens is 2. The molecule has 1 amide bonds. The molecule has 0 atom stereocenters. The summed E-state index contributed by atoms with van der Waals surface area (Å²) in [5.41, 5.74) is 1.78. The summed E-state index contributed by atoms with van der Waals surface area (Å²) in [4.78, 5) is 20.4. The standard InChI is InChI=1S/C15H25N3O2/c1-6-7-8-16-13(19)9-20-15-11(4)12(5)17-14(18-15)10(2)3/h10H,6-9H2,1-5H3,(H,16,19). The van der Waals surface area contributed by atoms with Gasteiger partial charge < -0.3 is 10.1 Å². The highest BCUT2D eigenvalue weighted by Crippen LogP contribution is 2.20. The summed E-state index contributed by atoms with van der Waals surface area (Å²) in [6, 6.07) is 0. The number of ether oxygens (including phenoxy) is 1. The third kappa shape index (κ3) is 4.79. The van der Waals surface area contributed by atoms with Gasteiger partial charge >= 0.3 is 0 Å². The van der Waals surface area contributed by atoms with Crippen molar-refractivity contribution in [3.05, 3.63) is 17.1 Å². The van der Waals surface area contributed by atoms with E-state index in [0.29, 0.717) is 12.4 Å². The summed E-state index contributed by atoms with van der Waals surface area (Å²) in [5, 5.41) is 2.82. The van der Waals surface area contributed by atoms with Gasteiger partial charge in [-0.1, -0.05) is 27.2 Å². The molecule has 1 N–H and O–H groups in total. The minimum absolute atomic E-state index is 0.00145. The average Bonchev–Trinajstić information content (AvgIpc) is 2.40. The Morgan fingerprint density at radius 1 is 1.30 bits per heavy atom. The second kappa shape index (κ2) is 7.82. The zero-order valence-corrected chi connectivity index (χ0v) is 13.1. The molecule has 0 aliphatic rings. The summed E-state index contributed by atoms with van der Waals surface area (Å²) < 4.78 is 5.54. The third-order valence-corrected chi connectivity index (χ3v) is 3.07. The minimum Gasteiger partial charge on any atom is -0.467 e. The van der Waals surface area contributed by atoms with Gasteiger partial charge in [0.15, 0.2) is 6.61 Å². The molecule has 1 heterocycles. The first-order valence-corrected chi connectivity index (χ1v) is 7.20. The highest BCUT2D eigenvalue weighted by molar-refractivity contribution is 5.77. The van der Waals surface area contributed by atoms with E-state index in [1.807, 2.05) is 27.7 Å². The van der Waals surface area contributed by atoms with Gasteiger partial charge in [-0.25, -0.2) is 4.98 Å². The lowest BCUT2D eigenvalue weighted by molar-refractivity contribution is -0.123. The first-order valence-electron chi connectivity index (χ1n) is 7.20. The van der Waals surface area contributed by atoms with Crippen LogP contribution >= 0.6 is 0 Å². The predicted octanol–water partition coefficient (Wildman–Crippen LogP) is 2.51. The summed E-state index contributed by atoms with van der Waals surface area (Å²) in [7, 11) is 0. The van der Waals surface area contributed by atoms with Crippen molar-refractivity contribution in [3.63, 3.8) is 0 Å². The van der Waals surface area contributed by atoms with E-state index < -0.39 is 0 Å². The van der Waals surface area contributed by atoms with E-state index in [9.17, 15) is 4.79 Å². The van der Waals surface area contributed by atoms with Gasteiger partial charge in [0.1, 0.15) is 5.82 Å². The second-order valence-corrected chi connectivity index (χ2v) is 5.24. The van der Waals surface area contributed by atoms with Crippen LogP contribution in [0.5, 0.6) is 5.88 Å². The first-order chi connectivity index (χ1) is 9.45. The molecule has 0 aliphatic carbocycles. The molecule has 0 saturated heterocycles.